The molecule has 1 saturated heterocycles. The fourth-order valence-corrected chi connectivity index (χ4v) is 3.37. The van der Waals surface area contributed by atoms with Gasteiger partial charge in [-0.15, -0.1) is 0 Å². The molecular formula is C13H18Br2N2. The van der Waals surface area contributed by atoms with Crippen molar-refractivity contribution in [3.63, 3.8) is 0 Å². The van der Waals surface area contributed by atoms with Gasteiger partial charge >= 0.3 is 0 Å². The van der Waals surface area contributed by atoms with Gasteiger partial charge in [-0.1, -0.05) is 15.9 Å². The molecule has 1 heterocycles. The Morgan fingerprint density at radius 3 is 2.82 bits per heavy atom. The van der Waals surface area contributed by atoms with Crippen molar-refractivity contribution in [2.24, 2.45) is 0 Å². The molecule has 1 aliphatic rings. The third-order valence-corrected chi connectivity index (χ3v) is 4.39. The average molecular weight is 362 g/mol. The van der Waals surface area contributed by atoms with Crippen LogP contribution in [0.3, 0.4) is 0 Å². The van der Waals surface area contributed by atoms with Crippen LogP contribution in [0, 0.1) is 0 Å². The Morgan fingerprint density at radius 2 is 2.06 bits per heavy atom. The first-order valence-corrected chi connectivity index (χ1v) is 7.64. The van der Waals surface area contributed by atoms with Gasteiger partial charge in [0.2, 0.25) is 0 Å². The lowest BCUT2D eigenvalue weighted by atomic mass is 10.1. The molecule has 0 aliphatic carbocycles. The van der Waals surface area contributed by atoms with Crippen LogP contribution in [0.15, 0.2) is 27.1 Å². The van der Waals surface area contributed by atoms with E-state index in [9.17, 15) is 0 Å². The van der Waals surface area contributed by atoms with Crippen LogP contribution >= 0.6 is 31.9 Å². The summed E-state index contributed by atoms with van der Waals surface area (Å²) in [6, 6.07) is 6.89. The molecule has 0 radical (unpaired) electrons. The second-order valence-corrected chi connectivity index (χ2v) is 6.47. The highest BCUT2D eigenvalue weighted by Crippen LogP contribution is 2.28. The van der Waals surface area contributed by atoms with Crippen molar-refractivity contribution in [3.8, 4) is 0 Å². The van der Waals surface area contributed by atoms with Crippen LogP contribution in [0.5, 0.6) is 0 Å². The Hall–Kier alpha value is -0.0600. The van der Waals surface area contributed by atoms with Crippen molar-refractivity contribution in [1.29, 1.82) is 0 Å². The third-order valence-electron chi connectivity index (χ3n) is 3.24. The van der Waals surface area contributed by atoms with Gasteiger partial charge in [-0.25, -0.2) is 0 Å². The summed E-state index contributed by atoms with van der Waals surface area (Å²) in [5.74, 6) is 0. The zero-order valence-corrected chi connectivity index (χ0v) is 13.2. The van der Waals surface area contributed by atoms with Crippen LogP contribution in [-0.4, -0.2) is 31.1 Å². The number of nitrogens with one attached hydrogen (secondary N) is 1. The molecular weight excluding hydrogens is 344 g/mol. The molecule has 1 unspecified atom stereocenters. The van der Waals surface area contributed by atoms with E-state index in [1.165, 1.54) is 38.0 Å². The van der Waals surface area contributed by atoms with Gasteiger partial charge in [-0.05, 0) is 73.5 Å². The number of likely N-dealkylation sites (tertiary alicyclic amines) is 1. The van der Waals surface area contributed by atoms with Gasteiger partial charge in [-0.3, -0.25) is 0 Å². The lowest BCUT2D eigenvalue weighted by Gasteiger charge is -2.19. The van der Waals surface area contributed by atoms with E-state index in [4.69, 9.17) is 0 Å². The van der Waals surface area contributed by atoms with Crippen molar-refractivity contribution in [1.82, 2.24) is 4.90 Å². The van der Waals surface area contributed by atoms with Crippen molar-refractivity contribution in [2.75, 3.05) is 25.5 Å². The van der Waals surface area contributed by atoms with E-state index in [0.717, 1.165) is 8.95 Å². The Bertz CT molecular complexity index is 382. The Kier molecular flexibility index (Phi) is 4.88. The third kappa shape index (κ3) is 3.97. The highest BCUT2D eigenvalue weighted by atomic mass is 79.9. The normalized spacial score (nSPS) is 22.2. The van der Waals surface area contributed by atoms with E-state index in [1.807, 2.05) is 0 Å². The minimum absolute atomic E-state index is 0.595. The first kappa shape index (κ1) is 13.4. The molecule has 0 bridgehead atoms. The van der Waals surface area contributed by atoms with E-state index in [-0.39, 0.29) is 0 Å². The highest BCUT2D eigenvalue weighted by molar-refractivity contribution is 9.11. The SMILES string of the molecule is CN1CCCC(Nc2ccc(Br)cc2Br)CC1. The van der Waals surface area contributed by atoms with Gasteiger partial charge in [0.15, 0.2) is 0 Å². The fraction of sp³-hybridized carbons (Fsp3) is 0.538. The predicted octanol–water partition coefficient (Wildman–Crippen LogP) is 4.11. The monoisotopic (exact) mass is 360 g/mol. The van der Waals surface area contributed by atoms with Crippen LogP contribution in [0.2, 0.25) is 0 Å². The zero-order valence-electron chi connectivity index (χ0n) is 10.0. The van der Waals surface area contributed by atoms with Crippen molar-refractivity contribution in [3.05, 3.63) is 27.1 Å². The van der Waals surface area contributed by atoms with E-state index < -0.39 is 0 Å². The Labute approximate surface area is 120 Å². The molecule has 1 atom stereocenters. The molecule has 2 rings (SSSR count). The van der Waals surface area contributed by atoms with Gasteiger partial charge in [-0.2, -0.15) is 0 Å². The summed E-state index contributed by atoms with van der Waals surface area (Å²) >= 11 is 7.08. The number of hydrogen-bond acceptors (Lipinski definition) is 2. The summed E-state index contributed by atoms with van der Waals surface area (Å²) < 4.78 is 2.24. The largest absolute Gasteiger partial charge is 0.381 e. The van der Waals surface area contributed by atoms with Gasteiger partial charge in [0, 0.05) is 20.7 Å². The lowest BCUT2D eigenvalue weighted by molar-refractivity contribution is 0.348. The molecule has 17 heavy (non-hydrogen) atoms. The molecule has 1 fully saturated rings. The summed E-state index contributed by atoms with van der Waals surface area (Å²) in [7, 11) is 2.21. The maximum absolute atomic E-state index is 3.64. The van der Waals surface area contributed by atoms with Crippen LogP contribution in [0.1, 0.15) is 19.3 Å². The van der Waals surface area contributed by atoms with Crippen LogP contribution in [0.25, 0.3) is 0 Å². The quantitative estimate of drug-likeness (QED) is 0.852. The van der Waals surface area contributed by atoms with Crippen LogP contribution < -0.4 is 5.32 Å². The van der Waals surface area contributed by atoms with Crippen molar-refractivity contribution >= 4 is 37.5 Å². The second-order valence-electron chi connectivity index (χ2n) is 4.70. The summed E-state index contributed by atoms with van der Waals surface area (Å²) in [5, 5.41) is 3.64. The summed E-state index contributed by atoms with van der Waals surface area (Å²) in [6.07, 6.45) is 3.76. The smallest absolute Gasteiger partial charge is 0.0487 e. The Morgan fingerprint density at radius 1 is 1.24 bits per heavy atom. The summed E-state index contributed by atoms with van der Waals surface area (Å²) in [6.45, 7) is 2.41. The van der Waals surface area contributed by atoms with Crippen LogP contribution in [-0.2, 0) is 0 Å². The maximum Gasteiger partial charge on any atom is 0.0487 e. The van der Waals surface area contributed by atoms with Gasteiger partial charge in [0.1, 0.15) is 0 Å². The van der Waals surface area contributed by atoms with E-state index >= 15 is 0 Å². The fourth-order valence-electron chi connectivity index (χ4n) is 2.21. The maximum atomic E-state index is 3.64. The molecule has 0 saturated carbocycles. The van der Waals surface area contributed by atoms with Crippen molar-refractivity contribution in [2.45, 2.75) is 25.3 Å². The summed E-state index contributed by atoms with van der Waals surface area (Å²) in [5.41, 5.74) is 1.20. The molecule has 0 aromatic heterocycles. The van der Waals surface area contributed by atoms with Gasteiger partial charge in [0.05, 0.1) is 0 Å². The van der Waals surface area contributed by atoms with Crippen molar-refractivity contribution < 1.29 is 0 Å². The minimum atomic E-state index is 0.595. The molecule has 4 heteroatoms. The summed E-state index contributed by atoms with van der Waals surface area (Å²) in [4.78, 5) is 2.41. The number of nitrogens with zero attached hydrogens (tertiary/aromatic N) is 1. The van der Waals surface area contributed by atoms with Crippen LogP contribution in [0.4, 0.5) is 5.69 Å². The molecule has 1 aromatic rings. The van der Waals surface area contributed by atoms with Gasteiger partial charge in [0.25, 0.3) is 0 Å². The molecule has 1 N–H and O–H groups in total. The topological polar surface area (TPSA) is 15.3 Å². The number of rotatable bonds is 2. The molecule has 0 amide bonds. The van der Waals surface area contributed by atoms with E-state index in [2.05, 4.69) is 67.3 Å². The number of hydrogen-bond donors (Lipinski definition) is 1. The van der Waals surface area contributed by atoms with E-state index in [0.29, 0.717) is 6.04 Å². The molecule has 2 nitrogen and oxygen atoms in total. The standard InChI is InChI=1S/C13H18Br2N2/c1-17-7-2-3-11(6-8-17)16-13-5-4-10(14)9-12(13)15/h4-5,9,11,16H,2-3,6-8H2,1H3. The minimum Gasteiger partial charge on any atom is -0.381 e. The van der Waals surface area contributed by atoms with Gasteiger partial charge < -0.3 is 10.2 Å². The Balaban J connectivity index is 2.00. The predicted molar refractivity (Wildman–Crippen MR) is 80.6 cm³/mol. The molecule has 1 aliphatic heterocycles. The number of halogens is 2. The molecule has 0 spiro atoms. The molecule has 94 valence electrons. The first-order chi connectivity index (χ1) is 8.15. The number of benzene rings is 1. The lowest BCUT2D eigenvalue weighted by Crippen LogP contribution is -2.23. The molecule has 1 aromatic carbocycles. The average Bonchev–Trinajstić information content (AvgIpc) is 2.48. The number of anilines is 1. The zero-order chi connectivity index (χ0) is 12.3. The highest BCUT2D eigenvalue weighted by Gasteiger charge is 2.15. The first-order valence-electron chi connectivity index (χ1n) is 6.05. The second kappa shape index (κ2) is 6.21. The van der Waals surface area contributed by atoms with E-state index in [1.54, 1.807) is 0 Å².